The van der Waals surface area contributed by atoms with E-state index in [9.17, 15) is 14.4 Å². The molecule has 1 aromatic carbocycles. The third-order valence-corrected chi connectivity index (χ3v) is 2.46. The number of rotatable bonds is 5. The normalized spacial score (nSPS) is 11.3. The number of amides is 2. The summed E-state index contributed by atoms with van der Waals surface area (Å²) in [7, 11) is 1.52. The molecule has 7 nitrogen and oxygen atoms in total. The number of anilines is 1. The van der Waals surface area contributed by atoms with Gasteiger partial charge in [-0.15, -0.1) is 0 Å². The zero-order valence-electron chi connectivity index (χ0n) is 11.3. The molecule has 108 valence electrons. The number of nitrogens with two attached hydrogens (primary N) is 1. The molecule has 0 spiro atoms. The average Bonchev–Trinajstić information content (AvgIpc) is 2.46. The van der Waals surface area contributed by atoms with E-state index in [2.05, 4.69) is 15.4 Å². The molecule has 1 atom stereocenters. The number of nitrogens with one attached hydrogen (secondary N) is 2. The van der Waals surface area contributed by atoms with Gasteiger partial charge in [0.25, 0.3) is 11.8 Å². The molecule has 0 fully saturated rings. The van der Waals surface area contributed by atoms with Crippen molar-refractivity contribution in [2.75, 3.05) is 19.0 Å². The highest BCUT2D eigenvalue weighted by Crippen LogP contribution is 2.09. The van der Waals surface area contributed by atoms with Crippen LogP contribution in [0.4, 0.5) is 5.69 Å². The van der Waals surface area contributed by atoms with Crippen molar-refractivity contribution in [1.29, 1.82) is 0 Å². The van der Waals surface area contributed by atoms with E-state index in [1.165, 1.54) is 7.05 Å². The molecule has 0 bridgehead atoms. The molecule has 20 heavy (non-hydrogen) atoms. The zero-order valence-corrected chi connectivity index (χ0v) is 11.3. The summed E-state index contributed by atoms with van der Waals surface area (Å²) in [6.45, 7) is 1.78. The van der Waals surface area contributed by atoms with Crippen LogP contribution in [0.2, 0.25) is 0 Å². The number of hydrogen-bond donors (Lipinski definition) is 3. The summed E-state index contributed by atoms with van der Waals surface area (Å²) in [6, 6.07) is 4.80. The molecule has 0 aromatic heterocycles. The summed E-state index contributed by atoms with van der Waals surface area (Å²) in [5.74, 6) is -1.69. The topological polar surface area (TPSA) is 111 Å². The first-order chi connectivity index (χ1) is 9.49. The fraction of sp³-hybridized carbons (Fsp3) is 0.308. The Labute approximate surface area is 116 Å². The van der Waals surface area contributed by atoms with E-state index in [4.69, 9.17) is 5.73 Å². The smallest absolute Gasteiger partial charge is 0.332 e. The van der Waals surface area contributed by atoms with Gasteiger partial charge in [0.2, 0.25) is 0 Å². The molecule has 1 unspecified atom stereocenters. The Bertz CT molecular complexity index is 499. The highest BCUT2D eigenvalue weighted by Gasteiger charge is 2.23. The van der Waals surface area contributed by atoms with Gasteiger partial charge in [0.1, 0.15) is 0 Å². The molecule has 0 aliphatic rings. The second-order valence-electron chi connectivity index (χ2n) is 3.88. The Morgan fingerprint density at radius 1 is 1.25 bits per heavy atom. The molecule has 0 aliphatic heterocycles. The predicted molar refractivity (Wildman–Crippen MR) is 73.1 cm³/mol. The van der Waals surface area contributed by atoms with Crippen LogP contribution in [0.15, 0.2) is 24.3 Å². The van der Waals surface area contributed by atoms with Crippen molar-refractivity contribution in [3.63, 3.8) is 0 Å². The monoisotopic (exact) mass is 279 g/mol. The second-order valence-corrected chi connectivity index (χ2v) is 3.88. The van der Waals surface area contributed by atoms with Crippen LogP contribution >= 0.6 is 0 Å². The first-order valence-corrected chi connectivity index (χ1v) is 6.04. The third kappa shape index (κ3) is 4.06. The molecule has 0 heterocycles. The summed E-state index contributed by atoms with van der Waals surface area (Å²) in [5, 5.41) is 4.95. The molecular formula is C13H17N3O4. The standard InChI is InChI=1S/C13H17N3O4/c1-3-20-13(19)10(14)12(18)16-9-6-4-8(5-7-9)11(17)15-2/h4-7,10H,3,14H2,1-2H3,(H,15,17)(H,16,18). The van der Waals surface area contributed by atoms with Crippen molar-refractivity contribution in [3.8, 4) is 0 Å². The minimum Gasteiger partial charge on any atom is -0.464 e. The van der Waals surface area contributed by atoms with E-state index < -0.39 is 17.9 Å². The minimum atomic E-state index is -1.38. The number of ether oxygens (including phenoxy) is 1. The summed E-state index contributed by atoms with van der Waals surface area (Å²) < 4.78 is 4.65. The summed E-state index contributed by atoms with van der Waals surface area (Å²) >= 11 is 0. The molecular weight excluding hydrogens is 262 g/mol. The molecule has 1 rings (SSSR count). The summed E-state index contributed by atoms with van der Waals surface area (Å²) in [6.07, 6.45) is 0. The van der Waals surface area contributed by atoms with E-state index in [-0.39, 0.29) is 12.5 Å². The van der Waals surface area contributed by atoms with Crippen molar-refractivity contribution in [1.82, 2.24) is 5.32 Å². The number of carbonyl (C=O) groups excluding carboxylic acids is 3. The lowest BCUT2D eigenvalue weighted by atomic mass is 10.2. The number of hydrogen-bond acceptors (Lipinski definition) is 5. The lowest BCUT2D eigenvalue weighted by Crippen LogP contribution is -2.43. The molecule has 7 heteroatoms. The Kier molecular flexibility index (Phi) is 5.67. The molecule has 0 aliphatic carbocycles. The highest BCUT2D eigenvalue weighted by molar-refractivity contribution is 6.08. The van der Waals surface area contributed by atoms with Gasteiger partial charge in [0, 0.05) is 18.3 Å². The van der Waals surface area contributed by atoms with Crippen molar-refractivity contribution >= 4 is 23.5 Å². The SMILES string of the molecule is CCOC(=O)C(N)C(=O)Nc1ccc(C(=O)NC)cc1. The zero-order chi connectivity index (χ0) is 15.1. The van der Waals surface area contributed by atoms with Gasteiger partial charge in [0.15, 0.2) is 6.04 Å². The quantitative estimate of drug-likeness (QED) is 0.514. The van der Waals surface area contributed by atoms with Crippen LogP contribution in [0.25, 0.3) is 0 Å². The van der Waals surface area contributed by atoms with Crippen LogP contribution in [0, 0.1) is 0 Å². The van der Waals surface area contributed by atoms with E-state index in [1.807, 2.05) is 0 Å². The van der Waals surface area contributed by atoms with Gasteiger partial charge in [-0.1, -0.05) is 0 Å². The number of esters is 1. The molecule has 0 saturated carbocycles. The molecule has 0 saturated heterocycles. The van der Waals surface area contributed by atoms with Gasteiger partial charge < -0.3 is 21.1 Å². The van der Waals surface area contributed by atoms with Crippen LogP contribution < -0.4 is 16.4 Å². The van der Waals surface area contributed by atoms with E-state index in [1.54, 1.807) is 31.2 Å². The van der Waals surface area contributed by atoms with Gasteiger partial charge >= 0.3 is 5.97 Å². The maximum Gasteiger partial charge on any atom is 0.332 e. The Balaban J connectivity index is 2.67. The van der Waals surface area contributed by atoms with E-state index in [0.717, 1.165) is 0 Å². The van der Waals surface area contributed by atoms with Crippen LogP contribution in [0.3, 0.4) is 0 Å². The van der Waals surface area contributed by atoms with Gasteiger partial charge in [-0.05, 0) is 31.2 Å². The maximum atomic E-state index is 11.7. The second kappa shape index (κ2) is 7.25. The molecule has 1 aromatic rings. The predicted octanol–water partition coefficient (Wildman–Crippen LogP) is -0.125. The largest absolute Gasteiger partial charge is 0.464 e. The first kappa shape index (κ1) is 15.6. The number of benzene rings is 1. The van der Waals surface area contributed by atoms with Gasteiger partial charge in [-0.3, -0.25) is 9.59 Å². The molecule has 4 N–H and O–H groups in total. The lowest BCUT2D eigenvalue weighted by molar-refractivity contribution is -0.146. The highest BCUT2D eigenvalue weighted by atomic mass is 16.5. The van der Waals surface area contributed by atoms with Crippen LogP contribution in [-0.2, 0) is 14.3 Å². The molecule has 0 radical (unpaired) electrons. The first-order valence-electron chi connectivity index (χ1n) is 6.04. The lowest BCUT2D eigenvalue weighted by Gasteiger charge is -2.11. The average molecular weight is 279 g/mol. The van der Waals surface area contributed by atoms with Crippen LogP contribution in [-0.4, -0.2) is 37.5 Å². The minimum absolute atomic E-state index is 0.153. The fourth-order valence-corrected chi connectivity index (χ4v) is 1.41. The Morgan fingerprint density at radius 2 is 1.85 bits per heavy atom. The molecule has 2 amide bonds. The fourth-order valence-electron chi connectivity index (χ4n) is 1.41. The van der Waals surface area contributed by atoms with Crippen molar-refractivity contribution in [2.45, 2.75) is 13.0 Å². The Hall–Kier alpha value is -2.41. The van der Waals surface area contributed by atoms with Crippen LogP contribution in [0.5, 0.6) is 0 Å². The van der Waals surface area contributed by atoms with Gasteiger partial charge in [0.05, 0.1) is 6.61 Å². The van der Waals surface area contributed by atoms with Crippen molar-refractivity contribution in [2.24, 2.45) is 5.73 Å². The van der Waals surface area contributed by atoms with Crippen LogP contribution in [0.1, 0.15) is 17.3 Å². The van der Waals surface area contributed by atoms with E-state index in [0.29, 0.717) is 11.3 Å². The maximum absolute atomic E-state index is 11.7. The van der Waals surface area contributed by atoms with Crippen molar-refractivity contribution in [3.05, 3.63) is 29.8 Å². The number of carbonyl (C=O) groups is 3. The Morgan fingerprint density at radius 3 is 2.35 bits per heavy atom. The van der Waals surface area contributed by atoms with Gasteiger partial charge in [-0.25, -0.2) is 4.79 Å². The third-order valence-electron chi connectivity index (χ3n) is 2.46. The summed E-state index contributed by atoms with van der Waals surface area (Å²) in [4.78, 5) is 34.3. The van der Waals surface area contributed by atoms with E-state index >= 15 is 0 Å². The van der Waals surface area contributed by atoms with Crippen molar-refractivity contribution < 1.29 is 19.1 Å². The summed E-state index contributed by atoms with van der Waals surface area (Å²) in [5.41, 5.74) is 6.33. The van der Waals surface area contributed by atoms with Gasteiger partial charge in [-0.2, -0.15) is 0 Å².